The molecule has 6 nitrogen and oxygen atoms in total. The molecule has 290 valence electrons. The van der Waals surface area contributed by atoms with E-state index >= 15 is 0 Å². The molecule has 0 radical (unpaired) electrons. The van der Waals surface area contributed by atoms with Crippen molar-refractivity contribution in [2.75, 3.05) is 0 Å². The van der Waals surface area contributed by atoms with Crippen molar-refractivity contribution >= 4 is 61.6 Å². The van der Waals surface area contributed by atoms with Crippen LogP contribution in [0, 0.1) is 12.1 Å². The zero-order chi connectivity index (χ0) is 39.8. The van der Waals surface area contributed by atoms with Crippen LogP contribution >= 0.6 is 0 Å². The summed E-state index contributed by atoms with van der Waals surface area (Å²) in [5, 5.41) is 2.19. The van der Waals surface area contributed by atoms with Gasteiger partial charge in [0.05, 0.1) is 11.0 Å². The SMILES string of the molecule is CC(C)(C)c1ccnc(-n2c3[c-]c(Oc4[c-]c([N+]5=C=[N+](c6ccccc6C(C)(C)C)c6ccccc65)ccc4)ccc3c3c2c2ccccc2n3-c2ccccc2)c1.[Pd+2]. The largest absolute Gasteiger partial charge is 2.00 e. The molecule has 0 atom stereocenters. The van der Waals surface area contributed by atoms with Gasteiger partial charge in [0.25, 0.3) is 11.4 Å². The number of pyridine rings is 1. The fourth-order valence-electron chi connectivity index (χ4n) is 8.25. The van der Waals surface area contributed by atoms with Crippen molar-refractivity contribution < 1.29 is 25.2 Å². The molecule has 0 spiro atoms. The van der Waals surface area contributed by atoms with Crippen molar-refractivity contribution in [3.8, 4) is 23.0 Å². The molecule has 1 aliphatic heterocycles. The fourth-order valence-corrected chi connectivity index (χ4v) is 8.25. The number of hydrogen-bond acceptors (Lipinski definition) is 2. The Morgan fingerprint density at radius 2 is 1.24 bits per heavy atom. The molecule has 10 rings (SSSR count). The minimum absolute atomic E-state index is 0. The van der Waals surface area contributed by atoms with E-state index in [1.54, 1.807) is 0 Å². The van der Waals surface area contributed by atoms with Crippen LogP contribution in [0.5, 0.6) is 11.5 Å². The quantitative estimate of drug-likeness (QED) is 0.0949. The molecule has 59 heavy (non-hydrogen) atoms. The van der Waals surface area contributed by atoms with E-state index in [-0.39, 0.29) is 31.3 Å². The van der Waals surface area contributed by atoms with Gasteiger partial charge in [0.15, 0.2) is 0 Å². The van der Waals surface area contributed by atoms with E-state index in [9.17, 15) is 0 Å². The first-order valence-corrected chi connectivity index (χ1v) is 19.8. The van der Waals surface area contributed by atoms with E-state index in [1.165, 1.54) is 11.1 Å². The second-order valence-corrected chi connectivity index (χ2v) is 17.0. The Morgan fingerprint density at radius 3 is 2.00 bits per heavy atom. The van der Waals surface area contributed by atoms with Gasteiger partial charge in [0.2, 0.25) is 5.69 Å². The number of rotatable bonds is 6. The molecule has 0 fully saturated rings. The summed E-state index contributed by atoms with van der Waals surface area (Å²) >= 11 is 0. The zero-order valence-electron chi connectivity index (χ0n) is 33.9. The monoisotopic (exact) mass is 859 g/mol. The molecular formula is C52H43N5OPd+2. The molecule has 1 aliphatic rings. The van der Waals surface area contributed by atoms with Crippen molar-refractivity contribution in [2.24, 2.45) is 0 Å². The summed E-state index contributed by atoms with van der Waals surface area (Å²) in [6.45, 7) is 13.4. The first-order valence-electron chi connectivity index (χ1n) is 19.8. The van der Waals surface area contributed by atoms with Crippen LogP contribution in [0.4, 0.5) is 22.7 Å². The Balaban J connectivity index is 0.00000449. The Hall–Kier alpha value is -6.35. The topological polar surface area (TPSA) is 38.0 Å². The van der Waals surface area contributed by atoms with Gasteiger partial charge >= 0.3 is 26.4 Å². The summed E-state index contributed by atoms with van der Waals surface area (Å²) in [5.74, 6) is 2.00. The summed E-state index contributed by atoms with van der Waals surface area (Å²) < 4.78 is 15.5. The second kappa shape index (κ2) is 14.5. The number of ether oxygens (including phenoxy) is 1. The third-order valence-electron chi connectivity index (χ3n) is 11.0. The molecule has 0 saturated heterocycles. The van der Waals surface area contributed by atoms with Crippen LogP contribution < -0.4 is 13.9 Å². The second-order valence-electron chi connectivity index (χ2n) is 17.0. The Morgan fingerprint density at radius 1 is 0.576 bits per heavy atom. The van der Waals surface area contributed by atoms with Crippen LogP contribution in [0.1, 0.15) is 52.7 Å². The molecule has 0 bridgehead atoms. The standard InChI is InChI=1S/C52H43N5O.Pd/c1-51(2,3)35-29-30-53-48(31-35)57-47-33-39(27-28-41(47)49-50(57)40-21-10-12-23-43(40)56(49)36-17-8-7-9-18-36)58-38-20-16-19-37(32-38)54-34-55(46-26-15-14-25-45(46)54)44-24-13-11-22-42(44)52(4,5)6;/h7-31H,1-6H3;/q;+2. The number of benzene rings is 6. The predicted molar refractivity (Wildman–Crippen MR) is 238 cm³/mol. The summed E-state index contributed by atoms with van der Waals surface area (Å²) in [7, 11) is 0. The number of para-hydroxylation sites is 5. The van der Waals surface area contributed by atoms with E-state index in [2.05, 4.69) is 199 Å². The average molecular weight is 860 g/mol. The molecular weight excluding hydrogens is 817 g/mol. The van der Waals surface area contributed by atoms with Crippen LogP contribution in [-0.2, 0) is 31.3 Å². The van der Waals surface area contributed by atoms with Gasteiger partial charge < -0.3 is 13.9 Å². The van der Waals surface area contributed by atoms with Gasteiger partial charge in [0.1, 0.15) is 11.5 Å². The summed E-state index contributed by atoms with van der Waals surface area (Å²) in [6, 6.07) is 61.5. The van der Waals surface area contributed by atoms with Crippen LogP contribution in [0.3, 0.4) is 0 Å². The molecule has 4 heterocycles. The van der Waals surface area contributed by atoms with Crippen molar-refractivity contribution in [1.29, 1.82) is 0 Å². The zero-order valence-corrected chi connectivity index (χ0v) is 35.4. The number of hydrogen-bond donors (Lipinski definition) is 0. The number of nitrogens with zero attached hydrogens (tertiary/aromatic N) is 5. The third-order valence-corrected chi connectivity index (χ3v) is 11.0. The number of fused-ring (bicyclic) bond motifs is 6. The van der Waals surface area contributed by atoms with E-state index in [1.807, 2.05) is 30.5 Å². The first-order chi connectivity index (χ1) is 28.0. The Kier molecular flexibility index (Phi) is 9.37. The van der Waals surface area contributed by atoms with Gasteiger partial charge in [-0.2, -0.15) is 12.1 Å². The van der Waals surface area contributed by atoms with E-state index in [0.717, 1.165) is 67.1 Å². The minimum atomic E-state index is -0.0612. The summed E-state index contributed by atoms with van der Waals surface area (Å²) in [5.41, 5.74) is 11.6. The van der Waals surface area contributed by atoms with Crippen molar-refractivity contribution in [2.45, 2.75) is 52.4 Å². The van der Waals surface area contributed by atoms with Crippen LogP contribution in [-0.4, -0.2) is 20.1 Å². The Bertz CT molecular complexity index is 3150. The maximum Gasteiger partial charge on any atom is 2.00 e. The van der Waals surface area contributed by atoms with Crippen LogP contribution in [0.2, 0.25) is 0 Å². The maximum absolute atomic E-state index is 6.67. The van der Waals surface area contributed by atoms with E-state index in [4.69, 9.17) is 9.72 Å². The van der Waals surface area contributed by atoms with Crippen molar-refractivity contribution in [3.05, 3.63) is 175 Å². The normalized spacial score (nSPS) is 12.7. The van der Waals surface area contributed by atoms with Gasteiger partial charge in [-0.25, -0.2) is 4.98 Å². The summed E-state index contributed by atoms with van der Waals surface area (Å²) in [4.78, 5) is 4.99. The van der Waals surface area contributed by atoms with Gasteiger partial charge in [0, 0.05) is 58.0 Å². The predicted octanol–water partition coefficient (Wildman–Crippen LogP) is 13.0. The molecule has 0 amide bonds. The third kappa shape index (κ3) is 6.53. The molecule has 0 N–H and O–H groups in total. The molecule has 7 heteroatoms. The molecule has 9 aromatic rings. The fraction of sp³-hybridized carbons (Fsp3) is 0.154. The van der Waals surface area contributed by atoms with Crippen molar-refractivity contribution in [3.63, 3.8) is 0 Å². The first kappa shape index (κ1) is 38.2. The molecule has 0 unspecified atom stereocenters. The molecule has 0 aliphatic carbocycles. The smallest absolute Gasteiger partial charge is 0.509 e. The average Bonchev–Trinajstić information content (AvgIpc) is 3.88. The molecule has 3 aromatic heterocycles. The van der Waals surface area contributed by atoms with Gasteiger partial charge in [-0.3, -0.25) is 0 Å². The van der Waals surface area contributed by atoms with Gasteiger partial charge in [-0.05, 0) is 51.3 Å². The van der Waals surface area contributed by atoms with E-state index in [0.29, 0.717) is 11.5 Å². The molecule has 6 aromatic carbocycles. The molecule has 0 saturated carbocycles. The van der Waals surface area contributed by atoms with Crippen LogP contribution in [0.25, 0.3) is 44.3 Å². The minimum Gasteiger partial charge on any atom is -0.509 e. The van der Waals surface area contributed by atoms with Crippen molar-refractivity contribution in [1.82, 2.24) is 23.3 Å². The summed E-state index contributed by atoms with van der Waals surface area (Å²) in [6.07, 6.45) is 1.91. The van der Waals surface area contributed by atoms with Crippen LogP contribution in [0.15, 0.2) is 152 Å². The number of aromatic nitrogens is 3. The van der Waals surface area contributed by atoms with E-state index < -0.39 is 0 Å². The van der Waals surface area contributed by atoms with Gasteiger partial charge in [-0.1, -0.05) is 136 Å². The maximum atomic E-state index is 6.67. The Labute approximate surface area is 358 Å². The van der Waals surface area contributed by atoms with Gasteiger partial charge in [-0.15, -0.1) is 18.2 Å².